The fourth-order valence-corrected chi connectivity index (χ4v) is 5.02. The number of furan rings is 1. The summed E-state index contributed by atoms with van der Waals surface area (Å²) in [6, 6.07) is 7.93. The molecule has 166 valence electrons. The maximum atomic E-state index is 13.4. The Morgan fingerprint density at radius 2 is 1.78 bits per heavy atom. The molecule has 0 bridgehead atoms. The number of phenols is 1. The van der Waals surface area contributed by atoms with Gasteiger partial charge in [0.05, 0.1) is 13.4 Å². The number of benzene rings is 2. The van der Waals surface area contributed by atoms with E-state index in [1.54, 1.807) is 0 Å². The highest BCUT2D eigenvalue weighted by atomic mass is 32.2. The molecule has 2 aromatic heterocycles. The third kappa shape index (κ3) is 3.79. The van der Waals surface area contributed by atoms with Crippen LogP contribution in [0, 0.1) is 0 Å². The van der Waals surface area contributed by atoms with E-state index in [1.165, 1.54) is 49.8 Å². The number of sulfonamides is 1. The predicted octanol–water partition coefficient (Wildman–Crippen LogP) is 2.23. The van der Waals surface area contributed by atoms with E-state index in [1.807, 2.05) is 0 Å². The summed E-state index contributed by atoms with van der Waals surface area (Å²) < 4.78 is 44.8. The largest absolute Gasteiger partial charge is 0.508 e. The Bertz CT molecular complexity index is 1480. The molecule has 32 heavy (non-hydrogen) atoms. The van der Waals surface area contributed by atoms with Gasteiger partial charge in [0.25, 0.3) is 0 Å². The number of aliphatic carboxylic acids is 1. The Hall–Kier alpha value is -3.83. The maximum absolute atomic E-state index is 13.4. The van der Waals surface area contributed by atoms with Crippen molar-refractivity contribution in [3.05, 3.63) is 64.7 Å². The molecule has 4 aromatic rings. The Morgan fingerprint density at radius 1 is 1.09 bits per heavy atom. The molecule has 4 rings (SSSR count). The van der Waals surface area contributed by atoms with E-state index in [0.29, 0.717) is 5.56 Å². The van der Waals surface area contributed by atoms with Crippen LogP contribution in [0.1, 0.15) is 5.56 Å². The Balaban J connectivity index is 1.86. The molecule has 0 saturated heterocycles. The summed E-state index contributed by atoms with van der Waals surface area (Å²) in [7, 11) is -3.14. The summed E-state index contributed by atoms with van der Waals surface area (Å²) in [5, 5.41) is 19.2. The monoisotopic (exact) mass is 459 g/mol. The SMILES string of the molecule is COc1c2occc2c(S(=O)(=O)N[C@@H](Cc2ccc(O)cc2)C(=O)O)c2ccc(=O)oc12. The van der Waals surface area contributed by atoms with E-state index >= 15 is 0 Å². The van der Waals surface area contributed by atoms with E-state index in [-0.39, 0.29) is 44.8 Å². The first-order valence-electron chi connectivity index (χ1n) is 9.25. The number of carboxylic acid groups (broad SMARTS) is 1. The zero-order valence-electron chi connectivity index (χ0n) is 16.6. The first-order chi connectivity index (χ1) is 15.2. The van der Waals surface area contributed by atoms with E-state index in [2.05, 4.69) is 4.72 Å². The molecule has 0 aliphatic heterocycles. The van der Waals surface area contributed by atoms with E-state index in [9.17, 15) is 28.2 Å². The van der Waals surface area contributed by atoms with Crippen LogP contribution in [0.4, 0.5) is 0 Å². The highest BCUT2D eigenvalue weighted by Crippen LogP contribution is 2.40. The second kappa shape index (κ2) is 8.02. The van der Waals surface area contributed by atoms with Gasteiger partial charge in [-0.25, -0.2) is 13.2 Å². The minimum Gasteiger partial charge on any atom is -0.508 e. The van der Waals surface area contributed by atoms with Gasteiger partial charge in [-0.1, -0.05) is 12.1 Å². The van der Waals surface area contributed by atoms with Crippen molar-refractivity contribution in [1.29, 1.82) is 0 Å². The van der Waals surface area contributed by atoms with Crippen LogP contribution in [0.5, 0.6) is 11.5 Å². The molecule has 0 saturated carbocycles. The van der Waals surface area contributed by atoms with Crippen LogP contribution in [0.2, 0.25) is 0 Å². The number of carboxylic acids is 1. The van der Waals surface area contributed by atoms with E-state index < -0.39 is 27.7 Å². The van der Waals surface area contributed by atoms with E-state index in [4.69, 9.17) is 13.6 Å². The molecule has 0 unspecified atom stereocenters. The highest BCUT2D eigenvalue weighted by Gasteiger charge is 2.31. The van der Waals surface area contributed by atoms with Crippen molar-refractivity contribution in [3.8, 4) is 11.5 Å². The minimum absolute atomic E-state index is 0.00486. The topological polar surface area (TPSA) is 156 Å². The molecule has 0 radical (unpaired) electrons. The quantitative estimate of drug-likeness (QED) is 0.353. The number of aromatic hydroxyl groups is 1. The molecule has 0 fully saturated rings. The van der Waals surface area contributed by atoms with E-state index in [0.717, 1.165) is 6.07 Å². The first-order valence-corrected chi connectivity index (χ1v) is 10.7. The Morgan fingerprint density at radius 3 is 2.44 bits per heavy atom. The van der Waals surface area contributed by atoms with Gasteiger partial charge in [0.1, 0.15) is 16.7 Å². The van der Waals surface area contributed by atoms with Crippen LogP contribution in [0.15, 0.2) is 67.3 Å². The van der Waals surface area contributed by atoms with Crippen molar-refractivity contribution < 1.29 is 37.0 Å². The number of hydrogen-bond acceptors (Lipinski definition) is 8. The summed E-state index contributed by atoms with van der Waals surface area (Å²) in [5.41, 5.74) is -0.348. The average Bonchev–Trinajstić information content (AvgIpc) is 3.21. The van der Waals surface area contributed by atoms with Gasteiger partial charge in [-0.3, -0.25) is 4.79 Å². The van der Waals surface area contributed by atoms with Crippen molar-refractivity contribution in [2.75, 3.05) is 7.11 Å². The van der Waals surface area contributed by atoms with Gasteiger partial charge in [0.2, 0.25) is 15.8 Å². The molecule has 11 heteroatoms. The fourth-order valence-electron chi connectivity index (χ4n) is 3.44. The average molecular weight is 459 g/mol. The number of methoxy groups -OCH3 is 1. The lowest BCUT2D eigenvalue weighted by Crippen LogP contribution is -2.42. The summed E-state index contributed by atoms with van der Waals surface area (Å²) in [4.78, 5) is 23.3. The number of hydrogen-bond donors (Lipinski definition) is 3. The smallest absolute Gasteiger partial charge is 0.336 e. The lowest BCUT2D eigenvalue weighted by Gasteiger charge is -2.17. The van der Waals surface area contributed by atoms with Crippen LogP contribution in [-0.4, -0.2) is 37.8 Å². The summed E-state index contributed by atoms with van der Waals surface area (Å²) in [5.74, 6) is -1.36. The summed E-state index contributed by atoms with van der Waals surface area (Å²) >= 11 is 0. The Labute approximate surface area is 180 Å². The number of phenolic OH excluding ortho intramolecular Hbond substituents is 1. The van der Waals surface area contributed by atoms with Gasteiger partial charge < -0.3 is 23.8 Å². The normalized spacial score (nSPS) is 12.8. The molecule has 0 spiro atoms. The van der Waals surface area contributed by atoms with Crippen LogP contribution in [-0.2, 0) is 21.2 Å². The molecule has 2 aromatic carbocycles. The van der Waals surface area contributed by atoms with Gasteiger partial charge in [-0.2, -0.15) is 4.72 Å². The van der Waals surface area contributed by atoms with Crippen molar-refractivity contribution in [3.63, 3.8) is 0 Å². The van der Waals surface area contributed by atoms with Gasteiger partial charge in [-0.05, 0) is 36.2 Å². The lowest BCUT2D eigenvalue weighted by atomic mass is 10.1. The molecule has 1 atom stereocenters. The van der Waals surface area contributed by atoms with Gasteiger partial charge in [-0.15, -0.1) is 0 Å². The molecule has 2 heterocycles. The molecule has 0 aliphatic rings. The highest BCUT2D eigenvalue weighted by molar-refractivity contribution is 7.90. The molecule has 0 amide bonds. The van der Waals surface area contributed by atoms with Crippen molar-refractivity contribution in [2.24, 2.45) is 0 Å². The predicted molar refractivity (Wildman–Crippen MR) is 112 cm³/mol. The number of rotatable bonds is 7. The summed E-state index contributed by atoms with van der Waals surface area (Å²) in [6.07, 6.45) is 1.07. The maximum Gasteiger partial charge on any atom is 0.336 e. The number of ether oxygens (including phenoxy) is 1. The minimum atomic E-state index is -4.45. The first kappa shape index (κ1) is 21.4. The van der Waals surface area contributed by atoms with Crippen molar-refractivity contribution >= 4 is 37.9 Å². The standard InChI is InChI=1S/C21H17NO9S/c1-29-19-17-14(8-9-30-17)20(13-6-7-16(24)31-18(13)19)32(27,28)22-15(21(25)26)10-11-2-4-12(23)5-3-11/h2-9,15,22-23H,10H2,1H3,(H,25,26)/t15-/m0/s1. The second-order valence-electron chi connectivity index (χ2n) is 6.91. The number of fused-ring (bicyclic) bond motifs is 2. The zero-order valence-corrected chi connectivity index (χ0v) is 17.4. The molecule has 10 nitrogen and oxygen atoms in total. The van der Waals surface area contributed by atoms with Crippen molar-refractivity contribution in [1.82, 2.24) is 4.72 Å². The van der Waals surface area contributed by atoms with Crippen LogP contribution >= 0.6 is 0 Å². The Kier molecular flexibility index (Phi) is 5.36. The van der Waals surface area contributed by atoms with Crippen LogP contribution in [0.3, 0.4) is 0 Å². The van der Waals surface area contributed by atoms with Gasteiger partial charge in [0, 0.05) is 16.8 Å². The number of nitrogens with one attached hydrogen (secondary N) is 1. The molecular formula is C21H17NO9S. The van der Waals surface area contributed by atoms with Gasteiger partial charge in [0.15, 0.2) is 11.2 Å². The van der Waals surface area contributed by atoms with Crippen LogP contribution in [0.25, 0.3) is 21.9 Å². The third-order valence-corrected chi connectivity index (χ3v) is 6.42. The number of carbonyl (C=O) groups is 1. The second-order valence-corrected chi connectivity index (χ2v) is 8.56. The summed E-state index contributed by atoms with van der Waals surface area (Å²) in [6.45, 7) is 0. The third-order valence-electron chi connectivity index (χ3n) is 4.84. The molecular weight excluding hydrogens is 442 g/mol. The molecule has 0 aliphatic carbocycles. The van der Waals surface area contributed by atoms with Crippen molar-refractivity contribution in [2.45, 2.75) is 17.4 Å². The fraction of sp³-hybridized carbons (Fsp3) is 0.143. The lowest BCUT2D eigenvalue weighted by molar-refractivity contribution is -0.138. The zero-order chi connectivity index (χ0) is 23.0. The van der Waals surface area contributed by atoms with Crippen LogP contribution < -0.4 is 15.1 Å². The molecule has 3 N–H and O–H groups in total. The van der Waals surface area contributed by atoms with Gasteiger partial charge >= 0.3 is 11.6 Å².